The van der Waals surface area contributed by atoms with Crippen LogP contribution < -0.4 is 5.73 Å². The molecular weight excluding hydrogens is 532 g/mol. The maximum absolute atomic E-state index is 14.3. The van der Waals surface area contributed by atoms with Crippen molar-refractivity contribution in [2.24, 2.45) is 11.1 Å². The summed E-state index contributed by atoms with van der Waals surface area (Å²) in [5.74, 6) is -1.01. The molecule has 2 heterocycles. The largest absolute Gasteiger partial charge is 0.510 e. The number of ether oxygens (including phenoxy) is 3. The molecule has 2 aliphatic heterocycles. The van der Waals surface area contributed by atoms with Gasteiger partial charge in [0.05, 0.1) is 24.9 Å². The van der Waals surface area contributed by atoms with Crippen molar-refractivity contribution < 1.29 is 36.7 Å². The molecule has 5 atom stereocenters. The minimum absolute atomic E-state index is 0.0397. The molecule has 4 fully saturated rings. The SMILES string of the molecule is CS(=O)(=O)CC(N)COC(=O)OC(C(=O)OC1CC2C13CCC3[N+]21CCCC1)(c1ccccc1)c1ccccc1. The van der Waals surface area contributed by atoms with Crippen LogP contribution >= 0.6 is 0 Å². The van der Waals surface area contributed by atoms with E-state index in [2.05, 4.69) is 0 Å². The number of hydrogen-bond acceptors (Lipinski definition) is 8. The summed E-state index contributed by atoms with van der Waals surface area (Å²) in [5.41, 5.74) is 4.85. The van der Waals surface area contributed by atoms with Crippen LogP contribution in [-0.4, -0.2) is 81.0 Å². The Hall–Kier alpha value is -2.95. The van der Waals surface area contributed by atoms with Gasteiger partial charge in [0.15, 0.2) is 0 Å². The van der Waals surface area contributed by atoms with Gasteiger partial charge in [-0.3, -0.25) is 0 Å². The number of esters is 1. The normalized spacial score (nSPS) is 28.6. The lowest BCUT2D eigenvalue weighted by molar-refractivity contribution is -1.05. The van der Waals surface area contributed by atoms with Gasteiger partial charge in [0.2, 0.25) is 0 Å². The van der Waals surface area contributed by atoms with Crippen molar-refractivity contribution in [3.63, 3.8) is 0 Å². The lowest BCUT2D eigenvalue weighted by atomic mass is 9.39. The Bertz CT molecular complexity index is 1330. The zero-order valence-corrected chi connectivity index (χ0v) is 23.6. The molecule has 2 aromatic rings. The van der Waals surface area contributed by atoms with E-state index in [4.69, 9.17) is 19.9 Å². The van der Waals surface area contributed by atoms with Crippen molar-refractivity contribution in [3.8, 4) is 0 Å². The molecular formula is C30H37N2O7S+. The monoisotopic (exact) mass is 569 g/mol. The highest BCUT2D eigenvalue weighted by Crippen LogP contribution is 2.73. The number of carbonyl (C=O) groups excluding carboxylic acids is 2. The van der Waals surface area contributed by atoms with Gasteiger partial charge in [0.1, 0.15) is 40.0 Å². The molecule has 2 aliphatic carbocycles. The number of quaternary nitrogens is 1. The van der Waals surface area contributed by atoms with Crippen LogP contribution in [0, 0.1) is 5.41 Å². The molecule has 0 aromatic heterocycles. The minimum Gasteiger partial charge on any atom is -0.458 e. The highest BCUT2D eigenvalue weighted by molar-refractivity contribution is 7.90. The third-order valence-corrected chi connectivity index (χ3v) is 10.9. The van der Waals surface area contributed by atoms with Gasteiger partial charge in [-0.1, -0.05) is 60.7 Å². The first-order chi connectivity index (χ1) is 19.1. The van der Waals surface area contributed by atoms with Crippen LogP contribution in [0.2, 0.25) is 0 Å². The first-order valence-corrected chi connectivity index (χ1v) is 16.2. The fourth-order valence-corrected chi connectivity index (χ4v) is 9.09. The fraction of sp³-hybridized carbons (Fsp3) is 0.533. The molecule has 0 amide bonds. The Kier molecular flexibility index (Phi) is 6.71. The van der Waals surface area contributed by atoms with Gasteiger partial charge < -0.3 is 24.4 Å². The second-order valence-corrected chi connectivity index (χ2v) is 14.2. The number of hydrogen-bond donors (Lipinski definition) is 1. The highest BCUT2D eigenvalue weighted by atomic mass is 32.2. The summed E-state index contributed by atoms with van der Waals surface area (Å²) in [6, 6.07) is 17.8. The third kappa shape index (κ3) is 4.14. The van der Waals surface area contributed by atoms with Crippen LogP contribution in [-0.2, 0) is 34.4 Å². The molecule has 2 N–H and O–H groups in total. The number of carbonyl (C=O) groups is 2. The summed E-state index contributed by atoms with van der Waals surface area (Å²) < 4.78 is 41.9. The smallest absolute Gasteiger partial charge is 0.458 e. The fourth-order valence-electron chi connectivity index (χ4n) is 8.22. The number of nitrogens with two attached hydrogens (primary N) is 1. The van der Waals surface area contributed by atoms with Crippen LogP contribution in [0.4, 0.5) is 4.79 Å². The average Bonchev–Trinajstić information content (AvgIpc) is 3.37. The number of rotatable bonds is 9. The molecule has 0 radical (unpaired) electrons. The molecule has 6 rings (SSSR count). The number of benzene rings is 2. The van der Waals surface area contributed by atoms with Crippen molar-refractivity contribution in [1.29, 1.82) is 0 Å². The van der Waals surface area contributed by atoms with Crippen LogP contribution in [0.5, 0.6) is 0 Å². The zero-order valence-electron chi connectivity index (χ0n) is 22.7. The predicted octanol–water partition coefficient (Wildman–Crippen LogP) is 2.91. The molecule has 2 saturated carbocycles. The molecule has 40 heavy (non-hydrogen) atoms. The molecule has 4 aliphatic rings. The standard InChI is InChI=1S/C30H37N2O7S/c1-40(35,36)20-23(31)19-37-28(34)39-30(21-10-4-2-5-11-21,22-12-6-3-7-13-22)27(33)38-26-18-25-29(26)15-14-24(29)32(25)16-8-9-17-32/h2-7,10-13,23-26H,8-9,14-20,31H2,1H3/q+1. The first kappa shape index (κ1) is 27.2. The molecule has 0 bridgehead atoms. The Morgan fingerprint density at radius 1 is 1.02 bits per heavy atom. The molecule has 2 spiro atoms. The van der Waals surface area contributed by atoms with Gasteiger partial charge in [0.25, 0.3) is 5.60 Å². The van der Waals surface area contributed by atoms with Crippen molar-refractivity contribution in [3.05, 3.63) is 71.8 Å². The van der Waals surface area contributed by atoms with Gasteiger partial charge in [-0.05, 0) is 6.42 Å². The molecule has 2 aromatic carbocycles. The van der Waals surface area contributed by atoms with E-state index in [9.17, 15) is 18.0 Å². The van der Waals surface area contributed by atoms with Crippen LogP contribution in [0.3, 0.4) is 0 Å². The van der Waals surface area contributed by atoms with E-state index in [1.807, 2.05) is 12.1 Å². The number of sulfone groups is 1. The van der Waals surface area contributed by atoms with Crippen molar-refractivity contribution in [2.45, 2.75) is 61.9 Å². The second kappa shape index (κ2) is 9.85. The van der Waals surface area contributed by atoms with Crippen LogP contribution in [0.25, 0.3) is 0 Å². The Balaban J connectivity index is 1.28. The number of nitrogens with zero attached hydrogens (tertiary/aromatic N) is 1. The van der Waals surface area contributed by atoms with E-state index in [1.165, 1.54) is 36.8 Å². The Morgan fingerprint density at radius 2 is 1.62 bits per heavy atom. The number of piperidine rings is 2. The van der Waals surface area contributed by atoms with Crippen LogP contribution in [0.15, 0.2) is 60.7 Å². The second-order valence-electron chi connectivity index (χ2n) is 12.0. The topological polar surface area (TPSA) is 122 Å². The first-order valence-electron chi connectivity index (χ1n) is 14.1. The van der Waals surface area contributed by atoms with Gasteiger partial charge in [-0.2, -0.15) is 0 Å². The van der Waals surface area contributed by atoms with Crippen molar-refractivity contribution in [2.75, 3.05) is 31.7 Å². The lowest BCUT2D eigenvalue weighted by Crippen LogP contribution is -2.94. The molecule has 5 unspecified atom stereocenters. The van der Waals surface area contributed by atoms with E-state index in [-0.39, 0.29) is 23.9 Å². The average molecular weight is 570 g/mol. The molecule has 214 valence electrons. The van der Waals surface area contributed by atoms with E-state index >= 15 is 0 Å². The van der Waals surface area contributed by atoms with Crippen molar-refractivity contribution in [1.82, 2.24) is 0 Å². The van der Waals surface area contributed by atoms with Gasteiger partial charge in [-0.15, -0.1) is 0 Å². The number of fused-ring (bicyclic) bond motifs is 2. The molecule has 9 nitrogen and oxygen atoms in total. The van der Waals surface area contributed by atoms with E-state index in [0.29, 0.717) is 23.2 Å². The van der Waals surface area contributed by atoms with Gasteiger partial charge >= 0.3 is 12.1 Å². The summed E-state index contributed by atoms with van der Waals surface area (Å²) in [4.78, 5) is 27.4. The summed E-state index contributed by atoms with van der Waals surface area (Å²) in [5, 5.41) is 0. The predicted molar refractivity (Wildman–Crippen MR) is 147 cm³/mol. The molecule has 2 saturated heterocycles. The van der Waals surface area contributed by atoms with Crippen molar-refractivity contribution >= 4 is 22.0 Å². The van der Waals surface area contributed by atoms with Crippen LogP contribution in [0.1, 0.15) is 43.2 Å². The maximum atomic E-state index is 14.3. The minimum atomic E-state index is -3.37. The Morgan fingerprint density at radius 3 is 2.12 bits per heavy atom. The van der Waals surface area contributed by atoms with Gasteiger partial charge in [-0.25, -0.2) is 18.0 Å². The quantitative estimate of drug-likeness (QED) is 0.361. The summed E-state index contributed by atoms with van der Waals surface area (Å²) >= 11 is 0. The molecule has 10 heteroatoms. The summed E-state index contributed by atoms with van der Waals surface area (Å²) in [7, 11) is -3.37. The van der Waals surface area contributed by atoms with E-state index in [1.54, 1.807) is 48.5 Å². The lowest BCUT2D eigenvalue weighted by Gasteiger charge is -2.80. The summed E-state index contributed by atoms with van der Waals surface area (Å²) in [6.07, 6.45) is 5.29. The van der Waals surface area contributed by atoms with Gasteiger partial charge in [0, 0.05) is 43.1 Å². The maximum Gasteiger partial charge on any atom is 0.510 e. The zero-order chi connectivity index (χ0) is 28.2. The van der Waals surface area contributed by atoms with E-state index in [0.717, 1.165) is 19.1 Å². The Labute approximate surface area is 235 Å². The highest BCUT2D eigenvalue weighted by Gasteiger charge is 2.86. The third-order valence-electron chi connectivity index (χ3n) is 9.83. The van der Waals surface area contributed by atoms with E-state index < -0.39 is 33.6 Å². The summed E-state index contributed by atoms with van der Waals surface area (Å²) in [6.45, 7) is 2.08.